The molecule has 2 aromatic carbocycles. The first-order valence-electron chi connectivity index (χ1n) is 9.56. The first kappa shape index (κ1) is 17.7. The standard InChI is InChI=1S/C22H25N3O2/c1-23-12-14-24(15-13-23)21(26)18-6-8-19(9-7-18)22(27)25-11-10-17-4-2-3-5-20(17)16-25/h2-9H,10-16H2,1H3. The Balaban J connectivity index is 1.43. The van der Waals surface area contributed by atoms with Crippen LogP contribution in [0.2, 0.25) is 0 Å². The van der Waals surface area contributed by atoms with Crippen LogP contribution in [0.25, 0.3) is 0 Å². The Kier molecular flexibility index (Phi) is 4.94. The molecule has 2 aromatic rings. The van der Waals surface area contributed by atoms with Gasteiger partial charge in [0.15, 0.2) is 0 Å². The molecule has 2 heterocycles. The maximum absolute atomic E-state index is 12.9. The van der Waals surface area contributed by atoms with Gasteiger partial charge in [-0.05, 0) is 48.9 Å². The van der Waals surface area contributed by atoms with E-state index in [9.17, 15) is 9.59 Å². The number of hydrogen-bond acceptors (Lipinski definition) is 3. The van der Waals surface area contributed by atoms with Crippen molar-refractivity contribution in [2.75, 3.05) is 39.8 Å². The predicted octanol–water partition coefficient (Wildman–Crippen LogP) is 2.27. The van der Waals surface area contributed by atoms with Crippen LogP contribution in [0, 0.1) is 0 Å². The zero-order valence-electron chi connectivity index (χ0n) is 15.7. The Hall–Kier alpha value is -2.66. The van der Waals surface area contributed by atoms with E-state index in [4.69, 9.17) is 0 Å². The molecule has 27 heavy (non-hydrogen) atoms. The second kappa shape index (κ2) is 7.53. The third-order valence-electron chi connectivity index (χ3n) is 5.59. The van der Waals surface area contributed by atoms with Crippen LogP contribution in [0.5, 0.6) is 0 Å². The van der Waals surface area contributed by atoms with Gasteiger partial charge in [0.2, 0.25) is 0 Å². The van der Waals surface area contributed by atoms with Crippen LogP contribution >= 0.6 is 0 Å². The molecule has 0 unspecified atom stereocenters. The van der Waals surface area contributed by atoms with Gasteiger partial charge < -0.3 is 14.7 Å². The summed E-state index contributed by atoms with van der Waals surface area (Å²) in [5.74, 6) is 0.0806. The van der Waals surface area contributed by atoms with Crippen LogP contribution < -0.4 is 0 Å². The molecule has 0 saturated carbocycles. The van der Waals surface area contributed by atoms with Crippen molar-refractivity contribution >= 4 is 11.8 Å². The number of carbonyl (C=O) groups excluding carboxylic acids is 2. The van der Waals surface area contributed by atoms with Crippen molar-refractivity contribution in [1.29, 1.82) is 0 Å². The SMILES string of the molecule is CN1CCN(C(=O)c2ccc(C(=O)N3CCc4ccccc4C3)cc2)CC1. The Morgan fingerprint density at radius 3 is 1.89 bits per heavy atom. The monoisotopic (exact) mass is 363 g/mol. The number of amides is 2. The predicted molar refractivity (Wildman–Crippen MR) is 105 cm³/mol. The molecule has 0 atom stereocenters. The summed E-state index contributed by atoms with van der Waals surface area (Å²) in [6, 6.07) is 15.4. The van der Waals surface area contributed by atoms with Gasteiger partial charge in [0, 0.05) is 50.4 Å². The van der Waals surface area contributed by atoms with Crippen molar-refractivity contribution in [1.82, 2.24) is 14.7 Å². The van der Waals surface area contributed by atoms with E-state index in [0.29, 0.717) is 17.7 Å². The average Bonchev–Trinajstić information content (AvgIpc) is 2.73. The fourth-order valence-corrected chi connectivity index (χ4v) is 3.80. The number of nitrogens with zero attached hydrogens (tertiary/aromatic N) is 3. The summed E-state index contributed by atoms with van der Waals surface area (Å²) in [5, 5.41) is 0. The Morgan fingerprint density at radius 1 is 0.704 bits per heavy atom. The molecule has 1 fully saturated rings. The summed E-state index contributed by atoms with van der Waals surface area (Å²) < 4.78 is 0. The minimum Gasteiger partial charge on any atom is -0.336 e. The third kappa shape index (κ3) is 3.74. The minimum atomic E-state index is 0.0306. The lowest BCUT2D eigenvalue weighted by Crippen LogP contribution is -2.47. The highest BCUT2D eigenvalue weighted by molar-refractivity contribution is 5.98. The second-order valence-electron chi connectivity index (χ2n) is 7.42. The van der Waals surface area contributed by atoms with E-state index in [1.807, 2.05) is 21.9 Å². The van der Waals surface area contributed by atoms with Crippen LogP contribution in [0.15, 0.2) is 48.5 Å². The summed E-state index contributed by atoms with van der Waals surface area (Å²) in [6.07, 6.45) is 0.891. The quantitative estimate of drug-likeness (QED) is 0.822. The van der Waals surface area contributed by atoms with Crippen LogP contribution in [0.4, 0.5) is 0 Å². The fourth-order valence-electron chi connectivity index (χ4n) is 3.80. The van der Waals surface area contributed by atoms with Crippen molar-refractivity contribution in [2.24, 2.45) is 0 Å². The molecule has 2 aliphatic rings. The van der Waals surface area contributed by atoms with Gasteiger partial charge in [0.05, 0.1) is 0 Å². The van der Waals surface area contributed by atoms with Gasteiger partial charge in [0.1, 0.15) is 0 Å². The molecule has 0 radical (unpaired) electrons. The van der Waals surface area contributed by atoms with Gasteiger partial charge in [-0.3, -0.25) is 9.59 Å². The summed E-state index contributed by atoms with van der Waals surface area (Å²) >= 11 is 0. The van der Waals surface area contributed by atoms with Gasteiger partial charge in [-0.2, -0.15) is 0 Å². The van der Waals surface area contributed by atoms with E-state index >= 15 is 0 Å². The van der Waals surface area contributed by atoms with E-state index in [-0.39, 0.29) is 11.8 Å². The van der Waals surface area contributed by atoms with Crippen LogP contribution in [-0.4, -0.2) is 66.3 Å². The van der Waals surface area contributed by atoms with E-state index in [1.165, 1.54) is 11.1 Å². The molecule has 5 nitrogen and oxygen atoms in total. The molecular weight excluding hydrogens is 338 g/mol. The van der Waals surface area contributed by atoms with E-state index in [1.54, 1.807) is 24.3 Å². The fraction of sp³-hybridized carbons (Fsp3) is 0.364. The number of hydrogen-bond donors (Lipinski definition) is 0. The maximum Gasteiger partial charge on any atom is 0.254 e. The van der Waals surface area contributed by atoms with Crippen molar-refractivity contribution in [2.45, 2.75) is 13.0 Å². The highest BCUT2D eigenvalue weighted by Gasteiger charge is 2.23. The number of benzene rings is 2. The summed E-state index contributed by atoms with van der Waals surface area (Å²) in [4.78, 5) is 31.5. The van der Waals surface area contributed by atoms with Gasteiger partial charge in [-0.15, -0.1) is 0 Å². The highest BCUT2D eigenvalue weighted by Crippen LogP contribution is 2.20. The molecule has 0 bridgehead atoms. The molecule has 2 aliphatic heterocycles. The largest absolute Gasteiger partial charge is 0.336 e. The molecular formula is C22H25N3O2. The van der Waals surface area contributed by atoms with Crippen LogP contribution in [0.1, 0.15) is 31.8 Å². The number of piperazine rings is 1. The molecule has 140 valence electrons. The topological polar surface area (TPSA) is 43.9 Å². The normalized spacial score (nSPS) is 17.5. The first-order chi connectivity index (χ1) is 13.1. The summed E-state index contributed by atoms with van der Waals surface area (Å²) in [5.41, 5.74) is 3.85. The zero-order chi connectivity index (χ0) is 18.8. The van der Waals surface area contributed by atoms with Gasteiger partial charge in [-0.25, -0.2) is 0 Å². The number of carbonyl (C=O) groups is 2. The zero-order valence-corrected chi connectivity index (χ0v) is 15.7. The highest BCUT2D eigenvalue weighted by atomic mass is 16.2. The lowest BCUT2D eigenvalue weighted by molar-refractivity contribution is 0.0662. The molecule has 5 heteroatoms. The Bertz CT molecular complexity index is 839. The van der Waals surface area contributed by atoms with Crippen molar-refractivity contribution < 1.29 is 9.59 Å². The van der Waals surface area contributed by atoms with Crippen LogP contribution in [0.3, 0.4) is 0 Å². The maximum atomic E-state index is 12.9. The third-order valence-corrected chi connectivity index (χ3v) is 5.59. The Morgan fingerprint density at radius 2 is 1.26 bits per heavy atom. The van der Waals surface area contributed by atoms with E-state index in [2.05, 4.69) is 24.1 Å². The summed E-state index contributed by atoms with van der Waals surface area (Å²) in [7, 11) is 2.07. The van der Waals surface area contributed by atoms with Crippen LogP contribution in [-0.2, 0) is 13.0 Å². The van der Waals surface area contributed by atoms with Crippen molar-refractivity contribution in [3.05, 3.63) is 70.8 Å². The second-order valence-corrected chi connectivity index (χ2v) is 7.42. The van der Waals surface area contributed by atoms with Crippen molar-refractivity contribution in [3.8, 4) is 0 Å². The molecule has 0 N–H and O–H groups in total. The average molecular weight is 363 g/mol. The number of fused-ring (bicyclic) bond motifs is 1. The molecule has 0 spiro atoms. The molecule has 0 aromatic heterocycles. The van der Waals surface area contributed by atoms with Gasteiger partial charge in [0.25, 0.3) is 11.8 Å². The van der Waals surface area contributed by atoms with Gasteiger partial charge >= 0.3 is 0 Å². The Labute approximate surface area is 160 Å². The van der Waals surface area contributed by atoms with Crippen molar-refractivity contribution in [3.63, 3.8) is 0 Å². The smallest absolute Gasteiger partial charge is 0.254 e. The number of likely N-dealkylation sites (N-methyl/N-ethyl adjacent to an activating group) is 1. The molecule has 1 saturated heterocycles. The van der Waals surface area contributed by atoms with E-state index in [0.717, 1.165) is 39.1 Å². The first-order valence-corrected chi connectivity index (χ1v) is 9.56. The van der Waals surface area contributed by atoms with Gasteiger partial charge in [-0.1, -0.05) is 24.3 Å². The molecule has 0 aliphatic carbocycles. The summed E-state index contributed by atoms with van der Waals surface area (Å²) in [6.45, 7) is 4.69. The lowest BCUT2D eigenvalue weighted by Gasteiger charge is -2.32. The number of rotatable bonds is 2. The lowest BCUT2D eigenvalue weighted by atomic mass is 9.99. The molecule has 2 amide bonds. The molecule has 4 rings (SSSR count). The van der Waals surface area contributed by atoms with E-state index < -0.39 is 0 Å². The minimum absolute atomic E-state index is 0.0306.